The first-order valence-electron chi connectivity index (χ1n) is 4.16. The van der Waals surface area contributed by atoms with E-state index in [4.69, 9.17) is 45.7 Å². The Morgan fingerprint density at radius 2 is 1.76 bits per heavy atom. The van der Waals surface area contributed by atoms with Crippen LogP contribution < -0.4 is 10.9 Å². The largest absolute Gasteiger partial charge is 0.386 e. The van der Waals surface area contributed by atoms with Gasteiger partial charge in [-0.25, -0.2) is 18.5 Å². The first kappa shape index (κ1) is 14.5. The maximum absolute atomic E-state index is 11.1. The molecule has 0 saturated heterocycles. The topological polar surface area (TPSA) is 98.5 Å². The highest BCUT2D eigenvalue weighted by molar-refractivity contribution is 7.89. The maximum atomic E-state index is 11.1. The molecule has 94 valence electrons. The van der Waals surface area contributed by atoms with E-state index in [9.17, 15) is 8.42 Å². The molecular weight excluding hydrogens is 309 g/mol. The van der Waals surface area contributed by atoms with Crippen molar-refractivity contribution < 1.29 is 8.42 Å². The molecule has 0 aliphatic rings. The van der Waals surface area contributed by atoms with E-state index in [0.29, 0.717) is 0 Å². The van der Waals surface area contributed by atoms with Crippen LogP contribution in [0.3, 0.4) is 0 Å². The third-order valence-electron chi connectivity index (χ3n) is 1.71. The number of benzene rings is 1. The van der Waals surface area contributed by atoms with Crippen molar-refractivity contribution in [2.24, 2.45) is 15.9 Å². The summed E-state index contributed by atoms with van der Waals surface area (Å²) in [5, 5.41) is 4.99. The van der Waals surface area contributed by atoms with Crippen molar-refractivity contribution >= 4 is 56.3 Å². The summed E-state index contributed by atoms with van der Waals surface area (Å²) in [4.78, 5) is 3.66. The number of halogens is 3. The summed E-state index contributed by atoms with van der Waals surface area (Å²) in [7, 11) is -3.87. The van der Waals surface area contributed by atoms with E-state index in [2.05, 4.69) is 4.99 Å². The fraction of sp³-hybridized carbons (Fsp3) is 0.125. The van der Waals surface area contributed by atoms with Gasteiger partial charge in [-0.1, -0.05) is 23.2 Å². The molecule has 0 heterocycles. The highest BCUT2D eigenvalue weighted by Gasteiger charge is 2.14. The Hall–Kier alpha value is -0.530. The van der Waals surface area contributed by atoms with Gasteiger partial charge in [0.25, 0.3) is 0 Å². The van der Waals surface area contributed by atoms with Crippen LogP contribution in [0.25, 0.3) is 0 Å². The van der Waals surface area contributed by atoms with Gasteiger partial charge in [0, 0.05) is 0 Å². The van der Waals surface area contributed by atoms with Crippen LogP contribution in [-0.4, -0.2) is 20.1 Å². The minimum absolute atomic E-state index is 0.00357. The molecule has 1 rings (SSSR count). The van der Waals surface area contributed by atoms with E-state index in [0.717, 1.165) is 12.1 Å². The molecule has 0 saturated carbocycles. The van der Waals surface area contributed by atoms with Gasteiger partial charge in [0.2, 0.25) is 10.0 Å². The predicted octanol–water partition coefficient (Wildman–Crippen LogP) is 1.87. The van der Waals surface area contributed by atoms with Crippen LogP contribution in [0.15, 0.2) is 22.0 Å². The number of aliphatic imine (C=N–C) groups is 1. The molecule has 0 radical (unpaired) electrons. The smallest absolute Gasteiger partial charge is 0.238 e. The summed E-state index contributed by atoms with van der Waals surface area (Å²) in [5.74, 6) is 0.114. The number of hydrogen-bond acceptors (Lipinski definition) is 3. The Bertz CT molecular complexity index is 548. The van der Waals surface area contributed by atoms with Crippen molar-refractivity contribution in [3.63, 3.8) is 0 Å². The molecule has 0 atom stereocenters. The molecule has 1 aromatic rings. The minimum Gasteiger partial charge on any atom is -0.386 e. The first-order valence-corrected chi connectivity index (χ1v) is 7.00. The van der Waals surface area contributed by atoms with Crippen LogP contribution in [0.5, 0.6) is 0 Å². The van der Waals surface area contributed by atoms with Gasteiger partial charge in [-0.05, 0) is 12.1 Å². The Kier molecular flexibility index (Phi) is 4.62. The SMILES string of the molecule is NC(CCl)=Nc1c(Cl)cc(S(N)(=O)=O)cc1Cl. The number of nitrogens with two attached hydrogens (primary N) is 2. The van der Waals surface area contributed by atoms with Crippen molar-refractivity contribution in [2.75, 3.05) is 5.88 Å². The average Bonchev–Trinajstić information content (AvgIpc) is 2.21. The molecule has 9 heteroatoms. The summed E-state index contributed by atoms with van der Waals surface area (Å²) < 4.78 is 22.2. The number of sulfonamides is 1. The monoisotopic (exact) mass is 315 g/mol. The second-order valence-electron chi connectivity index (χ2n) is 3.02. The fourth-order valence-corrected chi connectivity index (χ4v) is 2.31. The molecule has 0 fully saturated rings. The van der Waals surface area contributed by atoms with Crippen LogP contribution in [-0.2, 0) is 10.0 Å². The van der Waals surface area contributed by atoms with E-state index in [-0.39, 0.29) is 32.3 Å². The summed E-state index contributed by atoms with van der Waals surface area (Å²) in [6, 6.07) is 2.28. The zero-order valence-corrected chi connectivity index (χ0v) is 11.4. The van der Waals surface area contributed by atoms with Crippen molar-refractivity contribution in [1.82, 2.24) is 0 Å². The van der Waals surface area contributed by atoms with Gasteiger partial charge >= 0.3 is 0 Å². The van der Waals surface area contributed by atoms with Crippen LogP contribution in [0.1, 0.15) is 0 Å². The van der Waals surface area contributed by atoms with E-state index < -0.39 is 10.0 Å². The Balaban J connectivity index is 3.40. The second-order valence-corrected chi connectivity index (χ2v) is 5.66. The Morgan fingerprint density at radius 3 is 2.12 bits per heavy atom. The Morgan fingerprint density at radius 1 is 1.29 bits per heavy atom. The van der Waals surface area contributed by atoms with E-state index >= 15 is 0 Å². The molecule has 0 aliphatic carbocycles. The molecule has 0 unspecified atom stereocenters. The van der Waals surface area contributed by atoms with E-state index in [1.54, 1.807) is 0 Å². The minimum atomic E-state index is -3.87. The van der Waals surface area contributed by atoms with Crippen LogP contribution in [0.2, 0.25) is 10.0 Å². The quantitative estimate of drug-likeness (QED) is 0.506. The van der Waals surface area contributed by atoms with Gasteiger partial charge < -0.3 is 5.73 Å². The number of nitrogens with zero attached hydrogens (tertiary/aromatic N) is 1. The van der Waals surface area contributed by atoms with Crippen molar-refractivity contribution in [1.29, 1.82) is 0 Å². The highest BCUT2D eigenvalue weighted by atomic mass is 35.5. The third kappa shape index (κ3) is 3.72. The lowest BCUT2D eigenvalue weighted by Gasteiger charge is -2.05. The van der Waals surface area contributed by atoms with Gasteiger partial charge in [-0.3, -0.25) is 0 Å². The first-order chi connectivity index (χ1) is 7.75. The van der Waals surface area contributed by atoms with Gasteiger partial charge in [0.15, 0.2) is 0 Å². The zero-order chi connectivity index (χ0) is 13.2. The summed E-state index contributed by atoms with van der Waals surface area (Å²) >= 11 is 17.1. The number of primary sulfonamides is 1. The van der Waals surface area contributed by atoms with Crippen molar-refractivity contribution in [3.05, 3.63) is 22.2 Å². The van der Waals surface area contributed by atoms with E-state index in [1.165, 1.54) is 0 Å². The lowest BCUT2D eigenvalue weighted by Crippen LogP contribution is -2.13. The highest BCUT2D eigenvalue weighted by Crippen LogP contribution is 2.35. The van der Waals surface area contributed by atoms with Crippen LogP contribution in [0, 0.1) is 0 Å². The fourth-order valence-electron chi connectivity index (χ4n) is 0.987. The molecule has 0 amide bonds. The van der Waals surface area contributed by atoms with Crippen LogP contribution in [0.4, 0.5) is 5.69 Å². The zero-order valence-electron chi connectivity index (χ0n) is 8.32. The van der Waals surface area contributed by atoms with Gasteiger partial charge in [-0.2, -0.15) is 0 Å². The standard InChI is InChI=1S/C8H8Cl3N3O2S/c9-3-7(12)14-8-5(10)1-4(2-6(8)11)17(13,15)16/h1-2H,3H2,(H2,12,14)(H2,13,15,16). The molecule has 17 heavy (non-hydrogen) atoms. The number of amidine groups is 1. The maximum Gasteiger partial charge on any atom is 0.238 e. The number of rotatable bonds is 3. The number of hydrogen-bond donors (Lipinski definition) is 2. The predicted molar refractivity (Wildman–Crippen MR) is 69.8 cm³/mol. The van der Waals surface area contributed by atoms with Gasteiger partial charge in [0.05, 0.1) is 20.8 Å². The third-order valence-corrected chi connectivity index (χ3v) is 3.45. The normalized spacial score (nSPS) is 12.8. The molecule has 0 spiro atoms. The summed E-state index contributed by atoms with van der Waals surface area (Å²) in [6.45, 7) is 0. The molecule has 1 aromatic carbocycles. The molecule has 0 aliphatic heterocycles. The van der Waals surface area contributed by atoms with Gasteiger partial charge in [-0.15, -0.1) is 11.6 Å². The average molecular weight is 317 g/mol. The second kappa shape index (κ2) is 5.41. The summed E-state index contributed by atoms with van der Waals surface area (Å²) in [5.41, 5.74) is 5.58. The number of alkyl halides is 1. The Labute approximate surface area is 113 Å². The lowest BCUT2D eigenvalue weighted by molar-refractivity contribution is 0.598. The lowest BCUT2D eigenvalue weighted by atomic mass is 10.3. The van der Waals surface area contributed by atoms with Crippen molar-refractivity contribution in [2.45, 2.75) is 4.90 Å². The van der Waals surface area contributed by atoms with Crippen molar-refractivity contribution in [3.8, 4) is 0 Å². The molecular formula is C8H8Cl3N3O2S. The summed E-state index contributed by atoms with van der Waals surface area (Å²) in [6.07, 6.45) is 0. The van der Waals surface area contributed by atoms with Crippen LogP contribution >= 0.6 is 34.8 Å². The molecule has 0 bridgehead atoms. The molecule has 4 N–H and O–H groups in total. The molecule has 5 nitrogen and oxygen atoms in total. The van der Waals surface area contributed by atoms with Gasteiger partial charge in [0.1, 0.15) is 11.5 Å². The molecule has 0 aromatic heterocycles. The van der Waals surface area contributed by atoms with E-state index in [1.807, 2.05) is 0 Å².